The summed E-state index contributed by atoms with van der Waals surface area (Å²) in [7, 11) is 3.31. The quantitative estimate of drug-likeness (QED) is 0.425. The van der Waals surface area contributed by atoms with Gasteiger partial charge in [-0.1, -0.05) is 48.5 Å². The Morgan fingerprint density at radius 2 is 1.71 bits per heavy atom. The molecule has 0 spiro atoms. The van der Waals surface area contributed by atoms with E-state index in [0.29, 0.717) is 13.0 Å². The normalized spacial score (nSPS) is 11.8. The zero-order chi connectivity index (χ0) is 21.6. The standard InChI is InChI=1S/C26H26N2O3/c1-30-19-12-13-24-22(14-19)23(17-27-24)21(20-10-6-7-11-25(20)31-2)15-26(29)28-16-18-8-4-3-5-9-18/h3-14,17,21,27H,15-16H2,1-2H3,(H,28,29)/t21-/m0/s1. The zero-order valence-corrected chi connectivity index (χ0v) is 17.7. The monoisotopic (exact) mass is 414 g/mol. The van der Waals surface area contributed by atoms with Crippen LogP contribution in [0, 0.1) is 0 Å². The van der Waals surface area contributed by atoms with Gasteiger partial charge in [-0.05, 0) is 35.4 Å². The van der Waals surface area contributed by atoms with Gasteiger partial charge in [-0.2, -0.15) is 0 Å². The first-order valence-corrected chi connectivity index (χ1v) is 10.3. The Bertz CT molecular complexity index is 1170. The van der Waals surface area contributed by atoms with Gasteiger partial charge in [0.15, 0.2) is 0 Å². The molecular weight excluding hydrogens is 388 g/mol. The summed E-state index contributed by atoms with van der Waals surface area (Å²) in [4.78, 5) is 16.3. The first kappa shape index (κ1) is 20.5. The van der Waals surface area contributed by atoms with Crippen LogP contribution in [-0.4, -0.2) is 25.1 Å². The summed E-state index contributed by atoms with van der Waals surface area (Å²) in [5, 5.41) is 4.09. The number of para-hydroxylation sites is 1. The third kappa shape index (κ3) is 4.56. The van der Waals surface area contributed by atoms with Crippen molar-refractivity contribution in [2.45, 2.75) is 18.9 Å². The lowest BCUT2D eigenvalue weighted by Gasteiger charge is -2.20. The van der Waals surface area contributed by atoms with Gasteiger partial charge in [-0.15, -0.1) is 0 Å². The van der Waals surface area contributed by atoms with Crippen molar-refractivity contribution in [3.8, 4) is 11.5 Å². The van der Waals surface area contributed by atoms with Crippen LogP contribution in [0.25, 0.3) is 10.9 Å². The number of aromatic amines is 1. The highest BCUT2D eigenvalue weighted by Crippen LogP contribution is 2.38. The molecule has 0 bridgehead atoms. The fourth-order valence-electron chi connectivity index (χ4n) is 3.93. The molecule has 158 valence electrons. The lowest BCUT2D eigenvalue weighted by atomic mass is 9.87. The third-order valence-electron chi connectivity index (χ3n) is 5.53. The molecule has 1 amide bonds. The van der Waals surface area contributed by atoms with Gasteiger partial charge in [0.25, 0.3) is 0 Å². The third-order valence-corrected chi connectivity index (χ3v) is 5.53. The van der Waals surface area contributed by atoms with E-state index < -0.39 is 0 Å². The van der Waals surface area contributed by atoms with E-state index in [4.69, 9.17) is 9.47 Å². The molecular formula is C26H26N2O3. The molecule has 0 saturated carbocycles. The van der Waals surface area contributed by atoms with Gasteiger partial charge < -0.3 is 19.8 Å². The number of hydrogen-bond acceptors (Lipinski definition) is 3. The van der Waals surface area contributed by atoms with Crippen LogP contribution in [-0.2, 0) is 11.3 Å². The second-order valence-corrected chi connectivity index (χ2v) is 7.42. The van der Waals surface area contributed by atoms with Crippen molar-refractivity contribution in [1.29, 1.82) is 0 Å². The van der Waals surface area contributed by atoms with E-state index in [9.17, 15) is 4.79 Å². The summed E-state index contributed by atoms with van der Waals surface area (Å²) in [5.74, 6) is 1.35. The molecule has 4 aromatic rings. The molecule has 1 atom stereocenters. The lowest BCUT2D eigenvalue weighted by Crippen LogP contribution is -2.25. The van der Waals surface area contributed by atoms with Crippen molar-refractivity contribution >= 4 is 16.8 Å². The molecule has 4 rings (SSSR count). The summed E-state index contributed by atoms with van der Waals surface area (Å²) in [6.45, 7) is 0.500. The van der Waals surface area contributed by atoms with Crippen LogP contribution < -0.4 is 14.8 Å². The highest BCUT2D eigenvalue weighted by Gasteiger charge is 2.24. The second-order valence-electron chi connectivity index (χ2n) is 7.42. The van der Waals surface area contributed by atoms with Crippen LogP contribution in [0.5, 0.6) is 11.5 Å². The highest BCUT2D eigenvalue weighted by atomic mass is 16.5. The molecule has 0 aliphatic carbocycles. The second kappa shape index (κ2) is 9.39. The molecule has 0 aliphatic rings. The Kier molecular flexibility index (Phi) is 6.22. The molecule has 5 nitrogen and oxygen atoms in total. The topological polar surface area (TPSA) is 63.4 Å². The van der Waals surface area contributed by atoms with Crippen molar-refractivity contribution in [2.24, 2.45) is 0 Å². The molecule has 5 heteroatoms. The van der Waals surface area contributed by atoms with Gasteiger partial charge in [0.2, 0.25) is 5.91 Å². The highest BCUT2D eigenvalue weighted by molar-refractivity contribution is 5.87. The maximum atomic E-state index is 13.0. The number of rotatable bonds is 8. The van der Waals surface area contributed by atoms with E-state index in [-0.39, 0.29) is 11.8 Å². The average Bonchev–Trinajstić information content (AvgIpc) is 3.24. The first-order chi connectivity index (χ1) is 15.2. The van der Waals surface area contributed by atoms with E-state index in [0.717, 1.165) is 39.1 Å². The summed E-state index contributed by atoms with van der Waals surface area (Å²) >= 11 is 0. The molecule has 1 heterocycles. The summed E-state index contributed by atoms with van der Waals surface area (Å²) in [5.41, 5.74) is 4.08. The van der Waals surface area contributed by atoms with Crippen LogP contribution in [0.2, 0.25) is 0 Å². The Balaban J connectivity index is 1.68. The number of methoxy groups -OCH3 is 2. The fraction of sp³-hybridized carbons (Fsp3) is 0.192. The molecule has 3 aromatic carbocycles. The number of aromatic nitrogens is 1. The van der Waals surface area contributed by atoms with E-state index in [1.165, 1.54) is 0 Å². The number of carbonyl (C=O) groups excluding carboxylic acids is 1. The number of nitrogens with one attached hydrogen (secondary N) is 2. The summed E-state index contributed by atoms with van der Waals surface area (Å²) < 4.78 is 11.1. The molecule has 1 aromatic heterocycles. The van der Waals surface area contributed by atoms with Crippen molar-refractivity contribution in [3.05, 3.63) is 95.7 Å². The zero-order valence-electron chi connectivity index (χ0n) is 17.7. The Morgan fingerprint density at radius 3 is 2.48 bits per heavy atom. The van der Waals surface area contributed by atoms with Crippen LogP contribution in [0.15, 0.2) is 79.0 Å². The fourth-order valence-corrected chi connectivity index (χ4v) is 3.93. The van der Waals surface area contributed by atoms with Crippen molar-refractivity contribution < 1.29 is 14.3 Å². The van der Waals surface area contributed by atoms with Crippen LogP contribution in [0.3, 0.4) is 0 Å². The van der Waals surface area contributed by atoms with Crippen LogP contribution in [0.1, 0.15) is 29.0 Å². The summed E-state index contributed by atoms with van der Waals surface area (Å²) in [6, 6.07) is 23.7. The number of H-pyrrole nitrogens is 1. The molecule has 0 saturated heterocycles. The van der Waals surface area contributed by atoms with E-state index in [1.54, 1.807) is 14.2 Å². The SMILES string of the molecule is COc1ccc2[nH]cc([C@@H](CC(=O)NCc3ccccc3)c3ccccc3OC)c2c1. The average molecular weight is 415 g/mol. The summed E-state index contributed by atoms with van der Waals surface area (Å²) in [6.07, 6.45) is 2.28. The number of benzene rings is 3. The molecule has 0 aliphatic heterocycles. The maximum Gasteiger partial charge on any atom is 0.221 e. The van der Waals surface area contributed by atoms with Gasteiger partial charge in [-0.25, -0.2) is 0 Å². The van der Waals surface area contributed by atoms with Gasteiger partial charge in [0.05, 0.1) is 14.2 Å². The van der Waals surface area contributed by atoms with E-state index >= 15 is 0 Å². The number of amides is 1. The minimum absolute atomic E-state index is 0.0167. The molecule has 0 fully saturated rings. The van der Waals surface area contributed by atoms with Gasteiger partial charge in [-0.3, -0.25) is 4.79 Å². The predicted octanol–water partition coefficient (Wildman–Crippen LogP) is 5.02. The number of fused-ring (bicyclic) bond motifs is 1. The molecule has 0 unspecified atom stereocenters. The predicted molar refractivity (Wildman–Crippen MR) is 123 cm³/mol. The van der Waals surface area contributed by atoms with Crippen molar-refractivity contribution in [1.82, 2.24) is 10.3 Å². The Hall–Kier alpha value is -3.73. The first-order valence-electron chi connectivity index (χ1n) is 10.3. The maximum absolute atomic E-state index is 13.0. The minimum Gasteiger partial charge on any atom is -0.497 e. The minimum atomic E-state index is -0.173. The smallest absolute Gasteiger partial charge is 0.221 e. The number of hydrogen-bond donors (Lipinski definition) is 2. The molecule has 0 radical (unpaired) electrons. The lowest BCUT2D eigenvalue weighted by molar-refractivity contribution is -0.121. The Morgan fingerprint density at radius 1 is 0.935 bits per heavy atom. The molecule has 31 heavy (non-hydrogen) atoms. The van der Waals surface area contributed by atoms with Gasteiger partial charge >= 0.3 is 0 Å². The van der Waals surface area contributed by atoms with E-state index in [1.807, 2.05) is 79.0 Å². The largest absolute Gasteiger partial charge is 0.497 e. The van der Waals surface area contributed by atoms with Crippen LogP contribution in [0.4, 0.5) is 0 Å². The molecule has 2 N–H and O–H groups in total. The van der Waals surface area contributed by atoms with Gasteiger partial charge in [0.1, 0.15) is 11.5 Å². The number of carbonyl (C=O) groups is 1. The van der Waals surface area contributed by atoms with Crippen LogP contribution >= 0.6 is 0 Å². The Labute approximate surface area is 182 Å². The van der Waals surface area contributed by atoms with E-state index in [2.05, 4.69) is 10.3 Å². The van der Waals surface area contributed by atoms with Crippen molar-refractivity contribution in [2.75, 3.05) is 14.2 Å². The van der Waals surface area contributed by atoms with Gasteiger partial charge in [0, 0.05) is 41.5 Å². The number of ether oxygens (including phenoxy) is 2. The van der Waals surface area contributed by atoms with Crippen molar-refractivity contribution in [3.63, 3.8) is 0 Å².